The number of hydroxylamine groups is 1. The first kappa shape index (κ1) is 7.54. The molecule has 1 amide bonds. The van der Waals surface area contributed by atoms with Crippen molar-refractivity contribution >= 4 is 6.41 Å². The van der Waals surface area contributed by atoms with Crippen molar-refractivity contribution in [1.29, 1.82) is 0 Å². The zero-order valence-electron chi connectivity index (χ0n) is 5.93. The van der Waals surface area contributed by atoms with E-state index < -0.39 is 0 Å². The summed E-state index contributed by atoms with van der Waals surface area (Å²) in [6.07, 6.45) is 7.58. The third-order valence-corrected chi connectivity index (χ3v) is 1.82. The van der Waals surface area contributed by atoms with Crippen LogP contribution in [0.15, 0.2) is 0 Å². The molecule has 0 saturated heterocycles. The molecule has 1 radical (unpaired) electrons. The molecule has 1 fully saturated rings. The molecule has 10 heavy (non-hydrogen) atoms. The number of nitrogens with one attached hydrogen (secondary N) is 1. The van der Waals surface area contributed by atoms with Gasteiger partial charge in [0.25, 0.3) is 0 Å². The summed E-state index contributed by atoms with van der Waals surface area (Å²) in [4.78, 5) is 14.6. The van der Waals surface area contributed by atoms with Gasteiger partial charge in [-0.05, 0) is 12.8 Å². The van der Waals surface area contributed by atoms with Crippen molar-refractivity contribution in [2.75, 3.05) is 0 Å². The first-order valence-electron chi connectivity index (χ1n) is 3.71. The van der Waals surface area contributed by atoms with Gasteiger partial charge in [0.05, 0.1) is 6.10 Å². The van der Waals surface area contributed by atoms with Crippen LogP contribution in [-0.2, 0) is 9.63 Å². The zero-order chi connectivity index (χ0) is 7.23. The van der Waals surface area contributed by atoms with Gasteiger partial charge >= 0.3 is 6.41 Å². The summed E-state index contributed by atoms with van der Waals surface area (Å²) >= 11 is 0. The smallest absolute Gasteiger partial charge is 0.270 e. The average Bonchev–Trinajstić information content (AvgIpc) is 2.03. The second-order valence-electron chi connectivity index (χ2n) is 2.58. The molecule has 0 aromatic carbocycles. The molecule has 0 aromatic rings. The van der Waals surface area contributed by atoms with Crippen molar-refractivity contribution in [3.05, 3.63) is 0 Å². The minimum absolute atomic E-state index is 0.232. The van der Waals surface area contributed by atoms with Crippen LogP contribution in [0.3, 0.4) is 0 Å². The SMILES string of the molecule is O=[C]NOC1CCCCC1. The van der Waals surface area contributed by atoms with Gasteiger partial charge in [-0.15, -0.1) is 0 Å². The second-order valence-corrected chi connectivity index (χ2v) is 2.58. The van der Waals surface area contributed by atoms with Crippen LogP contribution in [0, 0.1) is 0 Å². The fraction of sp³-hybridized carbons (Fsp3) is 0.857. The van der Waals surface area contributed by atoms with E-state index in [4.69, 9.17) is 4.84 Å². The molecule has 0 aromatic heterocycles. The van der Waals surface area contributed by atoms with E-state index in [1.807, 2.05) is 0 Å². The quantitative estimate of drug-likeness (QED) is 0.469. The van der Waals surface area contributed by atoms with Crippen LogP contribution >= 0.6 is 0 Å². The lowest BCUT2D eigenvalue weighted by Gasteiger charge is -2.19. The lowest BCUT2D eigenvalue weighted by molar-refractivity contribution is -0.0114. The summed E-state index contributed by atoms with van der Waals surface area (Å²) in [5, 5.41) is 0. The molecule has 3 heteroatoms. The standard InChI is InChI=1S/C7H12NO2/c9-6-8-10-7-4-2-1-3-5-7/h7H,1-5H2,(H,8,9). The van der Waals surface area contributed by atoms with Crippen LogP contribution in [0.25, 0.3) is 0 Å². The highest BCUT2D eigenvalue weighted by atomic mass is 16.7. The van der Waals surface area contributed by atoms with Crippen LogP contribution < -0.4 is 5.48 Å². The Morgan fingerprint density at radius 3 is 2.60 bits per heavy atom. The molecule has 57 valence electrons. The van der Waals surface area contributed by atoms with Gasteiger partial charge in [0, 0.05) is 0 Å². The van der Waals surface area contributed by atoms with E-state index in [2.05, 4.69) is 5.48 Å². The Morgan fingerprint density at radius 2 is 2.00 bits per heavy atom. The molecule has 1 N–H and O–H groups in total. The predicted octanol–water partition coefficient (Wildman–Crippen LogP) is 0.907. The van der Waals surface area contributed by atoms with Gasteiger partial charge in [-0.1, -0.05) is 19.3 Å². The molecule has 1 aliphatic carbocycles. The maximum atomic E-state index is 9.69. The van der Waals surface area contributed by atoms with E-state index in [1.54, 1.807) is 0 Å². The van der Waals surface area contributed by atoms with Gasteiger partial charge < -0.3 is 0 Å². The van der Waals surface area contributed by atoms with Crippen LogP contribution in [0.2, 0.25) is 0 Å². The van der Waals surface area contributed by atoms with Crippen molar-refractivity contribution in [3.63, 3.8) is 0 Å². The lowest BCUT2D eigenvalue weighted by atomic mass is 9.98. The fourth-order valence-electron chi connectivity index (χ4n) is 1.29. The van der Waals surface area contributed by atoms with E-state index in [1.165, 1.54) is 25.7 Å². The molecule has 0 bridgehead atoms. The molecule has 3 nitrogen and oxygen atoms in total. The molecule has 1 rings (SSSR count). The Morgan fingerprint density at radius 1 is 1.30 bits per heavy atom. The van der Waals surface area contributed by atoms with Crippen LogP contribution in [0.4, 0.5) is 0 Å². The Labute approximate surface area is 60.7 Å². The highest BCUT2D eigenvalue weighted by Crippen LogP contribution is 2.18. The molecule has 1 saturated carbocycles. The van der Waals surface area contributed by atoms with Crippen molar-refractivity contribution in [1.82, 2.24) is 5.48 Å². The summed E-state index contributed by atoms with van der Waals surface area (Å²) in [5.41, 5.74) is 2.11. The summed E-state index contributed by atoms with van der Waals surface area (Å²) < 4.78 is 0. The summed E-state index contributed by atoms with van der Waals surface area (Å²) in [6.45, 7) is 0. The highest BCUT2D eigenvalue weighted by Gasteiger charge is 2.13. The summed E-state index contributed by atoms with van der Waals surface area (Å²) in [6, 6.07) is 0. The summed E-state index contributed by atoms with van der Waals surface area (Å²) in [5.74, 6) is 0. The molecule has 0 heterocycles. The van der Waals surface area contributed by atoms with Gasteiger partial charge in [-0.2, -0.15) is 0 Å². The maximum Gasteiger partial charge on any atom is 0.335 e. The zero-order valence-corrected chi connectivity index (χ0v) is 5.93. The fourth-order valence-corrected chi connectivity index (χ4v) is 1.29. The minimum Gasteiger partial charge on any atom is -0.270 e. The highest BCUT2D eigenvalue weighted by molar-refractivity contribution is 5.44. The Hall–Kier alpha value is -0.570. The van der Waals surface area contributed by atoms with Gasteiger partial charge in [-0.3, -0.25) is 9.63 Å². The van der Waals surface area contributed by atoms with E-state index in [9.17, 15) is 4.79 Å². The topological polar surface area (TPSA) is 38.3 Å². The van der Waals surface area contributed by atoms with Gasteiger partial charge in [0.1, 0.15) is 0 Å². The number of carbonyl (C=O) groups excluding carboxylic acids is 1. The number of rotatable bonds is 3. The third-order valence-electron chi connectivity index (χ3n) is 1.82. The van der Waals surface area contributed by atoms with Crippen molar-refractivity contribution < 1.29 is 9.63 Å². The molecular weight excluding hydrogens is 130 g/mol. The monoisotopic (exact) mass is 142 g/mol. The second kappa shape index (κ2) is 4.28. The largest absolute Gasteiger partial charge is 0.335 e. The molecule has 0 atom stereocenters. The molecule has 1 aliphatic rings. The molecule has 0 unspecified atom stereocenters. The first-order chi connectivity index (χ1) is 4.93. The van der Waals surface area contributed by atoms with E-state index >= 15 is 0 Å². The average molecular weight is 142 g/mol. The third kappa shape index (κ3) is 2.35. The van der Waals surface area contributed by atoms with Gasteiger partial charge in [0.2, 0.25) is 0 Å². The van der Waals surface area contributed by atoms with Crippen molar-refractivity contribution in [2.45, 2.75) is 38.2 Å². The van der Waals surface area contributed by atoms with Gasteiger partial charge in [-0.25, -0.2) is 5.48 Å². The predicted molar refractivity (Wildman–Crippen MR) is 36.8 cm³/mol. The van der Waals surface area contributed by atoms with E-state index in [0.717, 1.165) is 12.8 Å². The summed E-state index contributed by atoms with van der Waals surface area (Å²) in [7, 11) is 0. The molecular formula is C7H12NO2. The molecule has 0 aliphatic heterocycles. The Kier molecular flexibility index (Phi) is 3.22. The minimum atomic E-state index is 0.232. The number of hydrogen-bond acceptors (Lipinski definition) is 2. The maximum absolute atomic E-state index is 9.69. The van der Waals surface area contributed by atoms with Crippen molar-refractivity contribution in [2.24, 2.45) is 0 Å². The first-order valence-corrected chi connectivity index (χ1v) is 3.71. The lowest BCUT2D eigenvalue weighted by Crippen LogP contribution is -2.24. The van der Waals surface area contributed by atoms with Crippen molar-refractivity contribution in [3.8, 4) is 0 Å². The van der Waals surface area contributed by atoms with Crippen LogP contribution in [0.1, 0.15) is 32.1 Å². The normalized spacial score (nSPS) is 20.4. The number of hydrogen-bond donors (Lipinski definition) is 1. The Bertz CT molecular complexity index is 99.8. The van der Waals surface area contributed by atoms with Crippen LogP contribution in [0.5, 0.6) is 0 Å². The number of amides is 1. The molecule has 0 spiro atoms. The van der Waals surface area contributed by atoms with E-state index in [-0.39, 0.29) is 6.10 Å². The van der Waals surface area contributed by atoms with Crippen LogP contribution in [-0.4, -0.2) is 12.5 Å². The Balaban J connectivity index is 2.07. The van der Waals surface area contributed by atoms with Gasteiger partial charge in [0.15, 0.2) is 0 Å². The van der Waals surface area contributed by atoms with E-state index in [0.29, 0.717) is 0 Å².